The van der Waals surface area contributed by atoms with Crippen molar-refractivity contribution in [1.29, 1.82) is 0 Å². The average molecular weight is 356 g/mol. The minimum absolute atomic E-state index is 0.179. The van der Waals surface area contributed by atoms with Gasteiger partial charge in [-0.15, -0.1) is 0 Å². The van der Waals surface area contributed by atoms with Crippen LogP contribution in [-0.4, -0.2) is 11.9 Å². The molecule has 0 bridgehead atoms. The lowest BCUT2D eigenvalue weighted by Crippen LogP contribution is -2.49. The number of para-hydroxylation sites is 2. The molecular formula is C24H24N2O. The topological polar surface area (TPSA) is 46.3 Å². The van der Waals surface area contributed by atoms with Gasteiger partial charge >= 0.3 is 0 Å². The van der Waals surface area contributed by atoms with Gasteiger partial charge in [-0.1, -0.05) is 60.7 Å². The Kier molecular flexibility index (Phi) is 4.93. The number of hydrogen-bond donors (Lipinski definition) is 1. The second-order valence-corrected chi connectivity index (χ2v) is 7.16. The van der Waals surface area contributed by atoms with Crippen LogP contribution < -0.4 is 10.6 Å². The minimum atomic E-state index is -0.386. The zero-order valence-corrected chi connectivity index (χ0v) is 15.3. The molecule has 0 aliphatic heterocycles. The predicted octanol–water partition coefficient (Wildman–Crippen LogP) is 4.48. The number of rotatable bonds is 5. The molecular weight excluding hydrogens is 332 g/mol. The Morgan fingerprint density at radius 3 is 1.89 bits per heavy atom. The molecule has 0 saturated carbocycles. The summed E-state index contributed by atoms with van der Waals surface area (Å²) in [6.07, 6.45) is 2.82. The highest BCUT2D eigenvalue weighted by Crippen LogP contribution is 2.35. The van der Waals surface area contributed by atoms with Crippen LogP contribution in [0.15, 0.2) is 84.9 Å². The van der Waals surface area contributed by atoms with Crippen LogP contribution in [-0.2, 0) is 17.6 Å². The molecule has 136 valence electrons. The molecule has 3 nitrogen and oxygen atoms in total. The van der Waals surface area contributed by atoms with Crippen LogP contribution in [0.5, 0.6) is 0 Å². The normalized spacial score (nSPS) is 17.0. The zero-order chi connectivity index (χ0) is 18.6. The van der Waals surface area contributed by atoms with Crippen LogP contribution >= 0.6 is 0 Å². The minimum Gasteiger partial charge on any atom is -0.368 e. The molecule has 0 radical (unpaired) electrons. The smallest absolute Gasteiger partial charge is 0.240 e. The molecule has 0 fully saturated rings. The van der Waals surface area contributed by atoms with Crippen molar-refractivity contribution in [3.63, 3.8) is 0 Å². The molecule has 1 aliphatic rings. The van der Waals surface area contributed by atoms with E-state index < -0.39 is 0 Å². The molecule has 3 aromatic carbocycles. The third kappa shape index (κ3) is 3.59. The summed E-state index contributed by atoms with van der Waals surface area (Å²) in [6, 6.07) is 28.3. The molecule has 0 saturated heterocycles. The van der Waals surface area contributed by atoms with E-state index in [4.69, 9.17) is 5.73 Å². The number of nitrogens with zero attached hydrogens (tertiary/aromatic N) is 1. The molecule has 2 atom stereocenters. The number of anilines is 2. The lowest BCUT2D eigenvalue weighted by Gasteiger charge is -2.38. The number of nitrogens with two attached hydrogens (primary N) is 1. The summed E-state index contributed by atoms with van der Waals surface area (Å²) < 4.78 is 0. The zero-order valence-electron chi connectivity index (χ0n) is 15.3. The first kappa shape index (κ1) is 17.3. The number of primary amides is 1. The Balaban J connectivity index is 1.75. The molecule has 2 unspecified atom stereocenters. The standard InChI is InChI=1S/C24H24N2O/c25-24(27)23(20-16-15-18-9-7-8-10-19(18)17-20)26(21-11-3-1-4-12-21)22-13-5-2-6-14-22/h1-14,20,23H,15-17H2,(H2,25,27). The third-order valence-corrected chi connectivity index (χ3v) is 5.47. The van der Waals surface area contributed by atoms with Gasteiger partial charge < -0.3 is 10.6 Å². The number of carbonyl (C=O) groups excluding carboxylic acids is 1. The SMILES string of the molecule is NC(=O)C(C1CCc2ccccc2C1)N(c1ccccc1)c1ccccc1. The maximum Gasteiger partial charge on any atom is 0.240 e. The number of aryl methyl sites for hydroxylation is 1. The van der Waals surface area contributed by atoms with Crippen molar-refractivity contribution >= 4 is 17.3 Å². The average Bonchev–Trinajstić information content (AvgIpc) is 2.72. The first-order valence-electron chi connectivity index (χ1n) is 9.49. The lowest BCUT2D eigenvalue weighted by atomic mass is 9.79. The molecule has 0 aromatic heterocycles. The van der Waals surface area contributed by atoms with Gasteiger partial charge in [0.25, 0.3) is 0 Å². The van der Waals surface area contributed by atoms with E-state index in [1.807, 2.05) is 60.7 Å². The first-order chi connectivity index (χ1) is 13.2. The van der Waals surface area contributed by atoms with Crippen molar-refractivity contribution in [3.8, 4) is 0 Å². The fourth-order valence-corrected chi connectivity index (χ4v) is 4.21. The van der Waals surface area contributed by atoms with E-state index in [9.17, 15) is 4.79 Å². The van der Waals surface area contributed by atoms with Crippen LogP contribution in [0.1, 0.15) is 17.5 Å². The molecule has 3 heteroatoms. The van der Waals surface area contributed by atoms with Crippen molar-refractivity contribution in [1.82, 2.24) is 0 Å². The van der Waals surface area contributed by atoms with Gasteiger partial charge in [0, 0.05) is 11.4 Å². The van der Waals surface area contributed by atoms with E-state index in [0.29, 0.717) is 0 Å². The molecule has 2 N–H and O–H groups in total. The van der Waals surface area contributed by atoms with E-state index in [-0.39, 0.29) is 17.9 Å². The number of fused-ring (bicyclic) bond motifs is 1. The van der Waals surface area contributed by atoms with Gasteiger partial charge in [-0.05, 0) is 60.6 Å². The Hall–Kier alpha value is -3.07. The van der Waals surface area contributed by atoms with Crippen LogP contribution in [0.4, 0.5) is 11.4 Å². The van der Waals surface area contributed by atoms with Crippen LogP contribution in [0.2, 0.25) is 0 Å². The summed E-state index contributed by atoms with van der Waals surface area (Å²) in [5.74, 6) is -0.0927. The molecule has 4 rings (SSSR count). The summed E-state index contributed by atoms with van der Waals surface area (Å²) in [4.78, 5) is 14.8. The maximum atomic E-state index is 12.7. The maximum absolute atomic E-state index is 12.7. The monoisotopic (exact) mass is 356 g/mol. The Morgan fingerprint density at radius 2 is 1.33 bits per heavy atom. The summed E-state index contributed by atoms with van der Waals surface area (Å²) in [7, 11) is 0. The Labute approximate surface area is 160 Å². The number of hydrogen-bond acceptors (Lipinski definition) is 2. The summed E-state index contributed by atoms with van der Waals surface area (Å²) in [5, 5.41) is 0. The van der Waals surface area contributed by atoms with Gasteiger partial charge in [0.1, 0.15) is 6.04 Å². The highest BCUT2D eigenvalue weighted by Gasteiger charge is 2.35. The fraction of sp³-hybridized carbons (Fsp3) is 0.208. The second kappa shape index (κ2) is 7.67. The van der Waals surface area contributed by atoms with E-state index in [1.54, 1.807) is 0 Å². The molecule has 27 heavy (non-hydrogen) atoms. The third-order valence-electron chi connectivity index (χ3n) is 5.47. The van der Waals surface area contributed by atoms with Crippen LogP contribution in [0.25, 0.3) is 0 Å². The van der Waals surface area contributed by atoms with E-state index in [2.05, 4.69) is 29.2 Å². The van der Waals surface area contributed by atoms with Crippen molar-refractivity contribution in [3.05, 3.63) is 96.1 Å². The second-order valence-electron chi connectivity index (χ2n) is 7.16. The number of amides is 1. The van der Waals surface area contributed by atoms with Gasteiger partial charge in [-0.25, -0.2) is 0 Å². The highest BCUT2D eigenvalue weighted by molar-refractivity contribution is 5.87. The van der Waals surface area contributed by atoms with E-state index >= 15 is 0 Å². The Bertz CT molecular complexity index is 868. The number of carbonyl (C=O) groups is 1. The van der Waals surface area contributed by atoms with Gasteiger partial charge in [0.15, 0.2) is 0 Å². The van der Waals surface area contributed by atoms with Crippen LogP contribution in [0, 0.1) is 5.92 Å². The van der Waals surface area contributed by atoms with Crippen LogP contribution in [0.3, 0.4) is 0 Å². The summed E-state index contributed by atoms with van der Waals surface area (Å²) in [5.41, 5.74) is 10.7. The van der Waals surface area contributed by atoms with Gasteiger partial charge in [-0.3, -0.25) is 4.79 Å². The largest absolute Gasteiger partial charge is 0.368 e. The van der Waals surface area contributed by atoms with Gasteiger partial charge in [0.2, 0.25) is 5.91 Å². The van der Waals surface area contributed by atoms with Crippen molar-refractivity contribution in [2.24, 2.45) is 11.7 Å². The lowest BCUT2D eigenvalue weighted by molar-refractivity contribution is -0.120. The van der Waals surface area contributed by atoms with Crippen molar-refractivity contribution < 1.29 is 4.79 Å². The quantitative estimate of drug-likeness (QED) is 0.732. The van der Waals surface area contributed by atoms with E-state index in [1.165, 1.54) is 11.1 Å². The van der Waals surface area contributed by atoms with Crippen molar-refractivity contribution in [2.75, 3.05) is 4.90 Å². The van der Waals surface area contributed by atoms with Crippen molar-refractivity contribution in [2.45, 2.75) is 25.3 Å². The summed E-state index contributed by atoms with van der Waals surface area (Å²) in [6.45, 7) is 0. The molecule has 0 spiro atoms. The highest BCUT2D eigenvalue weighted by atomic mass is 16.1. The molecule has 1 aliphatic carbocycles. The summed E-state index contributed by atoms with van der Waals surface area (Å²) >= 11 is 0. The molecule has 0 heterocycles. The number of benzene rings is 3. The van der Waals surface area contributed by atoms with Gasteiger partial charge in [0.05, 0.1) is 0 Å². The molecule has 1 amide bonds. The fourth-order valence-electron chi connectivity index (χ4n) is 4.21. The predicted molar refractivity (Wildman–Crippen MR) is 110 cm³/mol. The first-order valence-corrected chi connectivity index (χ1v) is 9.49. The van der Waals surface area contributed by atoms with Gasteiger partial charge in [-0.2, -0.15) is 0 Å². The van der Waals surface area contributed by atoms with E-state index in [0.717, 1.165) is 30.6 Å². The Morgan fingerprint density at radius 1 is 0.815 bits per heavy atom. The molecule has 3 aromatic rings.